The second-order valence-electron chi connectivity index (χ2n) is 3.90. The molecule has 0 aliphatic heterocycles. The second-order valence-corrected chi connectivity index (χ2v) is 3.90. The Morgan fingerprint density at radius 2 is 1.62 bits per heavy atom. The van der Waals surface area contributed by atoms with Crippen molar-refractivity contribution in [1.29, 1.82) is 0 Å². The summed E-state index contributed by atoms with van der Waals surface area (Å²) in [5.74, 6) is 0. The molecule has 0 radical (unpaired) electrons. The van der Waals surface area contributed by atoms with Crippen molar-refractivity contribution in [2.24, 2.45) is 0 Å². The van der Waals surface area contributed by atoms with Crippen LogP contribution in [0.25, 0.3) is 0 Å². The lowest BCUT2D eigenvalue weighted by atomic mass is 9.90. The van der Waals surface area contributed by atoms with Gasteiger partial charge in [-0.15, -0.1) is 0 Å². The van der Waals surface area contributed by atoms with Crippen LogP contribution >= 0.6 is 0 Å². The molecule has 0 saturated carbocycles. The molecule has 16 heavy (non-hydrogen) atoms. The van der Waals surface area contributed by atoms with Gasteiger partial charge in [-0.2, -0.15) is 0 Å². The van der Waals surface area contributed by atoms with Crippen LogP contribution in [0.5, 0.6) is 0 Å². The van der Waals surface area contributed by atoms with Crippen molar-refractivity contribution in [3.63, 3.8) is 0 Å². The predicted molar refractivity (Wildman–Crippen MR) is 56.6 cm³/mol. The Labute approximate surface area is 94.1 Å². The lowest BCUT2D eigenvalue weighted by molar-refractivity contribution is -0.154. The van der Waals surface area contributed by atoms with Gasteiger partial charge in [0.15, 0.2) is 0 Å². The van der Waals surface area contributed by atoms with Gasteiger partial charge in [0.05, 0.1) is 6.61 Å². The molecule has 0 saturated heterocycles. The number of aliphatic hydroxyl groups is 6. The molecule has 96 valence electrons. The summed E-state index contributed by atoms with van der Waals surface area (Å²) in [5, 5.41) is 55.7. The van der Waals surface area contributed by atoms with Gasteiger partial charge >= 0.3 is 0 Å². The molecule has 6 heteroatoms. The Bertz CT molecular complexity index is 227. The van der Waals surface area contributed by atoms with E-state index in [2.05, 4.69) is 0 Å². The molecule has 0 aliphatic carbocycles. The summed E-state index contributed by atoms with van der Waals surface area (Å²) < 4.78 is 0. The zero-order valence-electron chi connectivity index (χ0n) is 9.35. The highest BCUT2D eigenvalue weighted by Gasteiger charge is 2.39. The minimum Gasteiger partial charge on any atom is -0.394 e. The minimum absolute atomic E-state index is 0.753. The van der Waals surface area contributed by atoms with Gasteiger partial charge < -0.3 is 30.6 Å². The minimum atomic E-state index is -1.77. The van der Waals surface area contributed by atoms with E-state index in [-0.39, 0.29) is 0 Å². The SMILES string of the molecule is C/C=C/C(C)(O)[C@H](O)[C@H](O)[C@H](O)[C@@H](O)CO. The van der Waals surface area contributed by atoms with Crippen LogP contribution in [0.1, 0.15) is 13.8 Å². The zero-order chi connectivity index (χ0) is 12.9. The molecule has 0 aromatic rings. The number of rotatable bonds is 6. The number of allylic oxidation sites excluding steroid dienone is 1. The quantitative estimate of drug-likeness (QED) is 0.290. The molecular weight excluding hydrogens is 216 g/mol. The molecule has 1 unspecified atom stereocenters. The van der Waals surface area contributed by atoms with Gasteiger partial charge in [0.2, 0.25) is 0 Å². The fourth-order valence-corrected chi connectivity index (χ4v) is 1.30. The number of hydrogen-bond acceptors (Lipinski definition) is 6. The van der Waals surface area contributed by atoms with Crippen molar-refractivity contribution >= 4 is 0 Å². The van der Waals surface area contributed by atoms with E-state index in [9.17, 15) is 20.4 Å². The van der Waals surface area contributed by atoms with Crippen molar-refractivity contribution < 1.29 is 30.6 Å². The zero-order valence-corrected chi connectivity index (χ0v) is 9.35. The molecule has 0 aromatic carbocycles. The lowest BCUT2D eigenvalue weighted by Crippen LogP contribution is -2.53. The molecule has 0 rings (SSSR count). The first-order valence-electron chi connectivity index (χ1n) is 4.97. The summed E-state index contributed by atoms with van der Waals surface area (Å²) in [5.41, 5.74) is -1.73. The average molecular weight is 236 g/mol. The first-order chi connectivity index (χ1) is 7.27. The maximum absolute atomic E-state index is 9.70. The van der Waals surface area contributed by atoms with E-state index in [1.54, 1.807) is 6.92 Å². The third-order valence-electron chi connectivity index (χ3n) is 2.36. The van der Waals surface area contributed by atoms with Gasteiger partial charge in [0, 0.05) is 0 Å². The van der Waals surface area contributed by atoms with Crippen molar-refractivity contribution in [3.05, 3.63) is 12.2 Å². The van der Waals surface area contributed by atoms with Crippen LogP contribution in [-0.4, -0.2) is 67.3 Å². The first-order valence-corrected chi connectivity index (χ1v) is 4.97. The lowest BCUT2D eigenvalue weighted by Gasteiger charge is -2.33. The molecule has 0 bridgehead atoms. The van der Waals surface area contributed by atoms with Crippen LogP contribution < -0.4 is 0 Å². The molecule has 6 N–H and O–H groups in total. The molecule has 0 amide bonds. The van der Waals surface area contributed by atoms with E-state index < -0.39 is 36.6 Å². The van der Waals surface area contributed by atoms with E-state index in [1.807, 2.05) is 0 Å². The molecule has 0 fully saturated rings. The van der Waals surface area contributed by atoms with Gasteiger partial charge in [-0.25, -0.2) is 0 Å². The molecule has 0 spiro atoms. The highest BCUT2D eigenvalue weighted by Crippen LogP contribution is 2.18. The molecule has 0 aromatic heterocycles. The van der Waals surface area contributed by atoms with Crippen molar-refractivity contribution in [1.82, 2.24) is 0 Å². The third-order valence-corrected chi connectivity index (χ3v) is 2.36. The van der Waals surface area contributed by atoms with Crippen LogP contribution in [-0.2, 0) is 0 Å². The largest absolute Gasteiger partial charge is 0.394 e. The van der Waals surface area contributed by atoms with Crippen molar-refractivity contribution in [3.8, 4) is 0 Å². The van der Waals surface area contributed by atoms with E-state index in [0.717, 1.165) is 0 Å². The normalized spacial score (nSPS) is 23.8. The molecule has 0 heterocycles. The summed E-state index contributed by atoms with van der Waals surface area (Å²) >= 11 is 0. The highest BCUT2D eigenvalue weighted by molar-refractivity contribution is 5.04. The molecular formula is C10H20O6. The standard InChI is InChI=1S/C10H20O6/c1-3-4-10(2,16)9(15)8(14)7(13)6(12)5-11/h3-4,6-9,11-16H,5H2,1-2H3/b4-3+/t6-,7+,8+,9+,10?/m0/s1. The smallest absolute Gasteiger partial charge is 0.114 e. The monoisotopic (exact) mass is 236 g/mol. The van der Waals surface area contributed by atoms with Gasteiger partial charge in [-0.05, 0) is 13.8 Å². The summed E-state index contributed by atoms with van der Waals surface area (Å²) in [7, 11) is 0. The first kappa shape index (κ1) is 15.5. The maximum atomic E-state index is 9.70. The Hall–Kier alpha value is -0.500. The Balaban J connectivity index is 4.66. The predicted octanol–water partition coefficient (Wildman–Crippen LogP) is -2.25. The Morgan fingerprint density at radius 3 is 2.00 bits per heavy atom. The van der Waals surface area contributed by atoms with E-state index in [1.165, 1.54) is 19.1 Å². The molecule has 5 atom stereocenters. The fraction of sp³-hybridized carbons (Fsp3) is 0.800. The summed E-state index contributed by atoms with van der Waals surface area (Å²) in [4.78, 5) is 0. The molecule has 0 aliphatic rings. The van der Waals surface area contributed by atoms with E-state index in [4.69, 9.17) is 10.2 Å². The van der Waals surface area contributed by atoms with Gasteiger partial charge in [0.1, 0.15) is 30.0 Å². The summed E-state index contributed by atoms with van der Waals surface area (Å²) in [6, 6.07) is 0. The summed E-state index contributed by atoms with van der Waals surface area (Å²) in [6.07, 6.45) is -4.04. The van der Waals surface area contributed by atoms with Gasteiger partial charge in [-0.3, -0.25) is 0 Å². The van der Waals surface area contributed by atoms with E-state index >= 15 is 0 Å². The fourth-order valence-electron chi connectivity index (χ4n) is 1.30. The van der Waals surface area contributed by atoms with Crippen LogP contribution in [0.4, 0.5) is 0 Å². The van der Waals surface area contributed by atoms with Crippen molar-refractivity contribution in [2.45, 2.75) is 43.9 Å². The second kappa shape index (κ2) is 6.29. The Morgan fingerprint density at radius 1 is 1.12 bits per heavy atom. The van der Waals surface area contributed by atoms with Crippen LogP contribution in [0.2, 0.25) is 0 Å². The van der Waals surface area contributed by atoms with Crippen LogP contribution in [0.3, 0.4) is 0 Å². The number of hydrogen-bond donors (Lipinski definition) is 6. The highest BCUT2D eigenvalue weighted by atomic mass is 16.4. The summed E-state index contributed by atoms with van der Waals surface area (Å²) in [6.45, 7) is 2.11. The Kier molecular flexibility index (Phi) is 6.09. The van der Waals surface area contributed by atoms with Crippen LogP contribution in [0.15, 0.2) is 12.2 Å². The maximum Gasteiger partial charge on any atom is 0.114 e. The number of aliphatic hydroxyl groups excluding tert-OH is 5. The van der Waals surface area contributed by atoms with Crippen LogP contribution in [0, 0.1) is 0 Å². The molecule has 6 nitrogen and oxygen atoms in total. The topological polar surface area (TPSA) is 121 Å². The van der Waals surface area contributed by atoms with Crippen molar-refractivity contribution in [2.75, 3.05) is 6.61 Å². The average Bonchev–Trinajstić information content (AvgIpc) is 2.24. The van der Waals surface area contributed by atoms with E-state index in [0.29, 0.717) is 0 Å². The van der Waals surface area contributed by atoms with Gasteiger partial charge in [0.25, 0.3) is 0 Å². The third kappa shape index (κ3) is 3.82. The van der Waals surface area contributed by atoms with Gasteiger partial charge in [-0.1, -0.05) is 12.2 Å².